The fraction of sp³-hybridized carbons (Fsp3) is 0.500. The van der Waals surface area contributed by atoms with E-state index in [-0.39, 0.29) is 16.8 Å². The van der Waals surface area contributed by atoms with E-state index in [0.29, 0.717) is 18.9 Å². The van der Waals surface area contributed by atoms with Crippen LogP contribution in [0.1, 0.15) is 43.1 Å². The predicted molar refractivity (Wildman–Crippen MR) is 87.4 cm³/mol. The van der Waals surface area contributed by atoms with E-state index in [0.717, 1.165) is 16.9 Å². The van der Waals surface area contributed by atoms with Crippen LogP contribution in [0, 0.1) is 19.9 Å². The van der Waals surface area contributed by atoms with Gasteiger partial charge in [0.25, 0.3) is 0 Å². The highest BCUT2D eigenvalue weighted by Crippen LogP contribution is 2.22. The van der Waals surface area contributed by atoms with Crippen LogP contribution in [0.4, 0.5) is 0 Å². The smallest absolute Gasteiger partial charge is 0.247 e. The first-order valence-corrected chi connectivity index (χ1v) is 9.22. The van der Waals surface area contributed by atoms with Crippen molar-refractivity contribution in [1.29, 1.82) is 0 Å². The molecule has 0 amide bonds. The van der Waals surface area contributed by atoms with Gasteiger partial charge in [-0.1, -0.05) is 13.8 Å². The number of hydrogen-bond donors (Lipinski definition) is 1. The van der Waals surface area contributed by atoms with E-state index in [4.69, 9.17) is 4.74 Å². The Morgan fingerprint density at radius 1 is 1.22 bits per heavy atom. The Bertz CT molecular complexity index is 746. The third kappa shape index (κ3) is 4.31. The van der Waals surface area contributed by atoms with Crippen LogP contribution in [-0.4, -0.2) is 36.0 Å². The standard InChI is InChI=1S/C16H22N3O3S/c1-11(2)15-17-16(19-18-15)23(20,21)10-6-9-22-14-12(3)7-5-8-13(14)4/h7-8,11H,6,9-10H2,1-4H3,(H,17,18,19). The van der Waals surface area contributed by atoms with Crippen molar-refractivity contribution in [3.8, 4) is 5.75 Å². The summed E-state index contributed by atoms with van der Waals surface area (Å²) in [5.74, 6) is 1.45. The van der Waals surface area contributed by atoms with Crippen molar-refractivity contribution in [1.82, 2.24) is 15.2 Å². The maximum Gasteiger partial charge on any atom is 0.247 e. The lowest BCUT2D eigenvalue weighted by Gasteiger charge is -2.11. The Balaban J connectivity index is 1.92. The summed E-state index contributed by atoms with van der Waals surface area (Å²) in [7, 11) is -3.46. The lowest BCUT2D eigenvalue weighted by Crippen LogP contribution is -2.12. The van der Waals surface area contributed by atoms with Gasteiger partial charge in [-0.05, 0) is 49.6 Å². The lowest BCUT2D eigenvalue weighted by atomic mass is 10.1. The van der Waals surface area contributed by atoms with E-state index in [2.05, 4.69) is 21.2 Å². The molecule has 0 atom stereocenters. The summed E-state index contributed by atoms with van der Waals surface area (Å²) in [5.41, 5.74) is 1.98. The van der Waals surface area contributed by atoms with Gasteiger partial charge in [-0.2, -0.15) is 0 Å². The largest absolute Gasteiger partial charge is 0.493 e. The number of aromatic nitrogens is 3. The van der Waals surface area contributed by atoms with Crippen molar-refractivity contribution in [2.24, 2.45) is 0 Å². The van der Waals surface area contributed by atoms with Crippen molar-refractivity contribution >= 4 is 9.84 Å². The van der Waals surface area contributed by atoms with Crippen LogP contribution in [-0.2, 0) is 9.84 Å². The highest BCUT2D eigenvalue weighted by Gasteiger charge is 2.20. The molecule has 2 aromatic rings. The van der Waals surface area contributed by atoms with Crippen LogP contribution in [0.5, 0.6) is 5.75 Å². The van der Waals surface area contributed by atoms with Crippen molar-refractivity contribution in [3.05, 3.63) is 35.2 Å². The molecule has 0 fully saturated rings. The Hall–Kier alpha value is -1.89. The maximum absolute atomic E-state index is 12.2. The van der Waals surface area contributed by atoms with Gasteiger partial charge < -0.3 is 9.72 Å². The molecule has 0 aliphatic heterocycles. The quantitative estimate of drug-likeness (QED) is 0.786. The summed E-state index contributed by atoms with van der Waals surface area (Å²) in [6, 6.07) is 6.72. The van der Waals surface area contributed by atoms with Gasteiger partial charge in [0.05, 0.1) is 12.4 Å². The predicted octanol–water partition coefficient (Wildman–Crippen LogP) is 2.59. The SMILES string of the molecule is Cc1c[c]cc(C)c1OCCCS(=O)(=O)c1nnc(C(C)C)[nH]1. The topological polar surface area (TPSA) is 84.9 Å². The van der Waals surface area contributed by atoms with Crippen molar-refractivity contribution < 1.29 is 13.2 Å². The molecule has 7 heteroatoms. The van der Waals surface area contributed by atoms with E-state index in [1.54, 1.807) is 0 Å². The number of hydrogen-bond acceptors (Lipinski definition) is 5. The summed E-state index contributed by atoms with van der Waals surface area (Å²) >= 11 is 0. The Morgan fingerprint density at radius 3 is 2.43 bits per heavy atom. The second-order valence-corrected chi connectivity index (χ2v) is 7.87. The number of sulfone groups is 1. The van der Waals surface area contributed by atoms with E-state index in [9.17, 15) is 8.42 Å². The van der Waals surface area contributed by atoms with E-state index < -0.39 is 9.84 Å². The van der Waals surface area contributed by atoms with Gasteiger partial charge in [-0.15, -0.1) is 10.2 Å². The Kier molecular flexibility index (Phi) is 5.41. The van der Waals surface area contributed by atoms with Crippen LogP contribution in [0.25, 0.3) is 0 Å². The molecule has 0 aliphatic carbocycles. The summed E-state index contributed by atoms with van der Waals surface area (Å²) < 4.78 is 30.1. The molecule has 0 bridgehead atoms. The minimum Gasteiger partial charge on any atom is -0.493 e. The van der Waals surface area contributed by atoms with Gasteiger partial charge in [0.2, 0.25) is 15.0 Å². The van der Waals surface area contributed by atoms with Crippen molar-refractivity contribution in [2.75, 3.05) is 12.4 Å². The second-order valence-electron chi connectivity index (χ2n) is 5.84. The number of nitrogens with one attached hydrogen (secondary N) is 1. The molecular formula is C16H22N3O3S. The van der Waals surface area contributed by atoms with Gasteiger partial charge >= 0.3 is 0 Å². The Morgan fingerprint density at radius 2 is 1.87 bits per heavy atom. The molecule has 23 heavy (non-hydrogen) atoms. The van der Waals surface area contributed by atoms with E-state index in [1.807, 2.05) is 39.8 Å². The van der Waals surface area contributed by atoms with Crippen LogP contribution in [0.2, 0.25) is 0 Å². The van der Waals surface area contributed by atoms with Gasteiger partial charge in [-0.25, -0.2) is 8.42 Å². The lowest BCUT2D eigenvalue weighted by molar-refractivity contribution is 0.313. The zero-order valence-electron chi connectivity index (χ0n) is 13.9. The van der Waals surface area contributed by atoms with E-state index in [1.165, 1.54) is 0 Å². The van der Waals surface area contributed by atoms with Gasteiger partial charge in [0, 0.05) is 5.92 Å². The van der Waals surface area contributed by atoms with Crippen LogP contribution < -0.4 is 4.74 Å². The molecule has 1 heterocycles. The number of aromatic amines is 1. The summed E-state index contributed by atoms with van der Waals surface area (Å²) in [6.45, 7) is 8.06. The molecule has 0 saturated heterocycles. The van der Waals surface area contributed by atoms with Crippen LogP contribution >= 0.6 is 0 Å². The maximum atomic E-state index is 12.2. The normalized spacial score (nSPS) is 11.9. The first-order chi connectivity index (χ1) is 10.8. The average Bonchev–Trinajstić information content (AvgIpc) is 2.97. The highest BCUT2D eigenvalue weighted by atomic mass is 32.2. The molecular weight excluding hydrogens is 314 g/mol. The van der Waals surface area contributed by atoms with E-state index >= 15 is 0 Å². The number of aryl methyl sites for hydroxylation is 2. The minimum atomic E-state index is -3.46. The third-order valence-electron chi connectivity index (χ3n) is 3.44. The zero-order valence-corrected chi connectivity index (χ0v) is 14.7. The number of ether oxygens (including phenoxy) is 1. The van der Waals surface area contributed by atoms with Crippen molar-refractivity contribution in [3.63, 3.8) is 0 Å². The van der Waals surface area contributed by atoms with Gasteiger partial charge in [0.1, 0.15) is 11.6 Å². The summed E-state index contributed by atoms with van der Waals surface area (Å²) in [4.78, 5) is 2.77. The fourth-order valence-electron chi connectivity index (χ4n) is 2.14. The molecule has 1 N–H and O–H groups in total. The van der Waals surface area contributed by atoms with Crippen LogP contribution in [0.15, 0.2) is 17.3 Å². The van der Waals surface area contributed by atoms with Gasteiger partial charge in [-0.3, -0.25) is 0 Å². The molecule has 2 rings (SSSR count). The number of H-pyrrole nitrogens is 1. The first kappa shape index (κ1) is 17.5. The van der Waals surface area contributed by atoms with Gasteiger partial charge in [0.15, 0.2) is 0 Å². The molecule has 125 valence electrons. The average molecular weight is 336 g/mol. The van der Waals surface area contributed by atoms with Crippen molar-refractivity contribution in [2.45, 2.75) is 45.2 Å². The molecule has 0 aliphatic rings. The molecule has 0 spiro atoms. The minimum absolute atomic E-state index is 0.0310. The number of rotatable bonds is 7. The Labute approximate surface area is 137 Å². The van der Waals surface area contributed by atoms with Crippen LogP contribution in [0.3, 0.4) is 0 Å². The highest BCUT2D eigenvalue weighted by molar-refractivity contribution is 7.91. The first-order valence-electron chi connectivity index (χ1n) is 7.56. The zero-order chi connectivity index (χ0) is 17.0. The summed E-state index contributed by atoms with van der Waals surface area (Å²) in [6.07, 6.45) is 0.386. The molecule has 6 nitrogen and oxygen atoms in total. The third-order valence-corrected chi connectivity index (χ3v) is 5.04. The molecule has 1 aromatic heterocycles. The molecule has 1 aromatic carbocycles. The molecule has 0 unspecified atom stereocenters. The number of benzene rings is 1. The number of nitrogens with zero attached hydrogens (tertiary/aromatic N) is 2. The summed E-state index contributed by atoms with van der Waals surface area (Å²) in [5, 5.41) is 7.53. The molecule has 0 saturated carbocycles. The molecule has 1 radical (unpaired) electrons. The fourth-order valence-corrected chi connectivity index (χ4v) is 3.26. The monoisotopic (exact) mass is 336 g/mol. The second kappa shape index (κ2) is 7.12.